The van der Waals surface area contributed by atoms with E-state index in [1.807, 2.05) is 39.8 Å². The summed E-state index contributed by atoms with van der Waals surface area (Å²) in [7, 11) is 1.56. The first-order valence-corrected chi connectivity index (χ1v) is 11.2. The van der Waals surface area contributed by atoms with E-state index in [2.05, 4.69) is 16.0 Å². The van der Waals surface area contributed by atoms with Gasteiger partial charge in [0.1, 0.15) is 17.8 Å². The Morgan fingerprint density at radius 1 is 1.00 bits per heavy atom. The Morgan fingerprint density at radius 3 is 2.19 bits per heavy atom. The first-order chi connectivity index (χ1) is 15.2. The van der Waals surface area contributed by atoms with Crippen LogP contribution in [0.4, 0.5) is 0 Å². The van der Waals surface area contributed by atoms with Crippen LogP contribution in [0.15, 0.2) is 24.4 Å². The van der Waals surface area contributed by atoms with Crippen LogP contribution < -0.4 is 26.4 Å². The Morgan fingerprint density at radius 2 is 1.59 bits per heavy atom. The van der Waals surface area contributed by atoms with Crippen LogP contribution in [-0.4, -0.2) is 43.0 Å². The van der Waals surface area contributed by atoms with Crippen molar-refractivity contribution in [3.05, 3.63) is 35.5 Å². The van der Waals surface area contributed by atoms with Crippen molar-refractivity contribution in [1.29, 1.82) is 0 Å². The van der Waals surface area contributed by atoms with Crippen LogP contribution in [0.25, 0.3) is 6.08 Å². The van der Waals surface area contributed by atoms with Crippen LogP contribution in [0.5, 0.6) is 5.75 Å². The maximum atomic E-state index is 13.1. The van der Waals surface area contributed by atoms with Crippen LogP contribution in [0.3, 0.4) is 0 Å². The maximum Gasteiger partial charge on any atom is 0.246 e. The average molecular weight is 445 g/mol. The van der Waals surface area contributed by atoms with E-state index in [1.54, 1.807) is 25.5 Å². The fourth-order valence-electron chi connectivity index (χ4n) is 3.61. The second-order valence-corrected chi connectivity index (χ2v) is 8.47. The molecule has 1 aliphatic heterocycles. The lowest BCUT2D eigenvalue weighted by molar-refractivity contribution is -0.134. The van der Waals surface area contributed by atoms with Gasteiger partial charge in [0.05, 0.1) is 13.2 Å². The quantitative estimate of drug-likeness (QED) is 0.551. The van der Waals surface area contributed by atoms with Gasteiger partial charge in [-0.05, 0) is 41.2 Å². The van der Waals surface area contributed by atoms with Gasteiger partial charge in [-0.2, -0.15) is 0 Å². The third-order valence-electron chi connectivity index (χ3n) is 6.17. The zero-order valence-corrected chi connectivity index (χ0v) is 19.6. The highest BCUT2D eigenvalue weighted by Gasteiger charge is 2.33. The minimum Gasteiger partial charge on any atom is -0.496 e. The van der Waals surface area contributed by atoms with E-state index in [-0.39, 0.29) is 24.2 Å². The number of amides is 3. The Labute approximate surface area is 190 Å². The largest absolute Gasteiger partial charge is 0.496 e. The molecule has 1 aliphatic rings. The zero-order valence-electron chi connectivity index (χ0n) is 19.6. The summed E-state index contributed by atoms with van der Waals surface area (Å²) in [6.07, 6.45) is 4.93. The van der Waals surface area contributed by atoms with Gasteiger partial charge in [-0.25, -0.2) is 0 Å². The number of methoxy groups -OCH3 is 1. The average Bonchev–Trinajstić information content (AvgIpc) is 2.79. The first kappa shape index (κ1) is 25.4. The van der Waals surface area contributed by atoms with E-state index in [0.29, 0.717) is 18.6 Å². The molecule has 0 spiro atoms. The third-order valence-corrected chi connectivity index (χ3v) is 6.17. The highest BCUT2D eigenvalue weighted by molar-refractivity contribution is 5.93. The molecule has 0 fully saturated rings. The molecule has 8 heteroatoms. The molecular weight excluding hydrogens is 408 g/mol. The number of nitrogens with one attached hydrogen (secondary N) is 3. The third kappa shape index (κ3) is 6.32. The summed E-state index contributed by atoms with van der Waals surface area (Å²) in [5.74, 6) is -0.734. The highest BCUT2D eigenvalue weighted by Crippen LogP contribution is 2.22. The predicted molar refractivity (Wildman–Crippen MR) is 125 cm³/mol. The number of rotatable bonds is 5. The maximum absolute atomic E-state index is 13.1. The van der Waals surface area contributed by atoms with Crippen molar-refractivity contribution in [1.82, 2.24) is 16.0 Å². The molecule has 0 aliphatic carbocycles. The molecule has 2 rings (SSSR count). The van der Waals surface area contributed by atoms with Gasteiger partial charge in [-0.1, -0.05) is 46.6 Å². The zero-order chi connectivity index (χ0) is 23.8. The normalized spacial score (nSPS) is 24.3. The summed E-state index contributed by atoms with van der Waals surface area (Å²) in [5, 5.41) is 8.44. The van der Waals surface area contributed by atoms with Crippen LogP contribution in [0, 0.1) is 11.8 Å². The Hall–Kier alpha value is -2.87. The van der Waals surface area contributed by atoms with E-state index in [1.165, 1.54) is 0 Å². The smallest absolute Gasteiger partial charge is 0.246 e. The summed E-state index contributed by atoms with van der Waals surface area (Å²) in [6.45, 7) is 7.70. The standard InChI is InChI=1S/C24H36N4O4/c1-6-14(3)20-23(30)26-11-10-16-8-9-19(32-5)17(12-16)13-18(25)22(29)27-21(15(4)7-2)24(31)28-20/h8-12,14-15,18,20-21H,6-7,13,25H2,1-5H3,(H,26,30)(H,27,29)(H,28,31)/t14-,15+,18+,20-,21-/m0/s1. The Kier molecular flexibility index (Phi) is 9.26. The van der Waals surface area contributed by atoms with E-state index < -0.39 is 29.9 Å². The fraction of sp³-hybridized carbons (Fsp3) is 0.542. The molecule has 1 heterocycles. The first-order valence-electron chi connectivity index (χ1n) is 11.2. The molecule has 5 atom stereocenters. The van der Waals surface area contributed by atoms with Gasteiger partial charge < -0.3 is 26.4 Å². The van der Waals surface area contributed by atoms with Gasteiger partial charge in [0.15, 0.2) is 0 Å². The molecule has 1 aromatic carbocycles. The van der Waals surface area contributed by atoms with E-state index in [9.17, 15) is 14.4 Å². The van der Waals surface area contributed by atoms with Crippen molar-refractivity contribution in [2.75, 3.05) is 7.11 Å². The number of carbonyl (C=O) groups excluding carboxylic acids is 3. The summed E-state index contributed by atoms with van der Waals surface area (Å²) in [6, 6.07) is 3.13. The van der Waals surface area contributed by atoms with Crippen LogP contribution in [-0.2, 0) is 20.8 Å². The molecule has 0 aromatic heterocycles. The van der Waals surface area contributed by atoms with Crippen molar-refractivity contribution in [3.8, 4) is 5.75 Å². The molecule has 0 saturated carbocycles. The van der Waals surface area contributed by atoms with E-state index >= 15 is 0 Å². The monoisotopic (exact) mass is 444 g/mol. The molecule has 8 nitrogen and oxygen atoms in total. The number of nitrogens with two attached hydrogens (primary N) is 1. The Bertz CT molecular complexity index is 854. The Balaban J connectivity index is 2.48. The van der Waals surface area contributed by atoms with Crippen LogP contribution in [0.2, 0.25) is 0 Å². The van der Waals surface area contributed by atoms with Crippen molar-refractivity contribution in [2.24, 2.45) is 17.6 Å². The molecular formula is C24H36N4O4. The number of hydrogen-bond donors (Lipinski definition) is 4. The molecule has 3 amide bonds. The summed E-state index contributed by atoms with van der Waals surface area (Å²) in [4.78, 5) is 38.9. The van der Waals surface area contributed by atoms with Crippen molar-refractivity contribution >= 4 is 23.8 Å². The number of fused-ring (bicyclic) bond motifs is 2. The van der Waals surface area contributed by atoms with Gasteiger partial charge in [0.25, 0.3) is 0 Å². The van der Waals surface area contributed by atoms with Crippen LogP contribution in [0.1, 0.15) is 51.7 Å². The molecule has 0 saturated heterocycles. The summed E-state index contributed by atoms with van der Waals surface area (Å²) in [5.41, 5.74) is 7.80. The SMILES string of the molecule is CC[C@@H](C)[C@@H]1NC(=O)[C@H](N)Cc2cc(ccc2OC)C=CNC(=O)[C@H]([C@@H](C)CC)NC1=O. The van der Waals surface area contributed by atoms with Crippen molar-refractivity contribution in [2.45, 2.75) is 65.1 Å². The van der Waals surface area contributed by atoms with Gasteiger partial charge >= 0.3 is 0 Å². The van der Waals surface area contributed by atoms with Crippen LogP contribution >= 0.6 is 0 Å². The van der Waals surface area contributed by atoms with Gasteiger partial charge in [0.2, 0.25) is 17.7 Å². The molecule has 2 bridgehead atoms. The number of benzene rings is 1. The molecule has 0 unspecified atom stereocenters. The lowest BCUT2D eigenvalue weighted by atomic mass is 9.94. The minimum absolute atomic E-state index is 0.0915. The van der Waals surface area contributed by atoms with Gasteiger partial charge in [0, 0.05) is 12.6 Å². The lowest BCUT2D eigenvalue weighted by Gasteiger charge is -2.29. The topological polar surface area (TPSA) is 123 Å². The summed E-state index contributed by atoms with van der Waals surface area (Å²) >= 11 is 0. The number of ether oxygens (including phenoxy) is 1. The fourth-order valence-corrected chi connectivity index (χ4v) is 3.61. The van der Waals surface area contributed by atoms with E-state index in [0.717, 1.165) is 11.1 Å². The highest BCUT2D eigenvalue weighted by atomic mass is 16.5. The molecule has 176 valence electrons. The van der Waals surface area contributed by atoms with E-state index in [4.69, 9.17) is 10.5 Å². The van der Waals surface area contributed by atoms with Gasteiger partial charge in [-0.15, -0.1) is 0 Å². The van der Waals surface area contributed by atoms with Crippen molar-refractivity contribution in [3.63, 3.8) is 0 Å². The molecule has 0 radical (unpaired) electrons. The second-order valence-electron chi connectivity index (χ2n) is 8.47. The van der Waals surface area contributed by atoms with Gasteiger partial charge in [-0.3, -0.25) is 14.4 Å². The van der Waals surface area contributed by atoms with Crippen molar-refractivity contribution < 1.29 is 19.1 Å². The molecule has 32 heavy (non-hydrogen) atoms. The lowest BCUT2D eigenvalue weighted by Crippen LogP contribution is -2.58. The number of hydrogen-bond acceptors (Lipinski definition) is 5. The molecule has 5 N–H and O–H groups in total. The molecule has 1 aromatic rings. The minimum atomic E-state index is -0.863. The summed E-state index contributed by atoms with van der Waals surface area (Å²) < 4.78 is 5.42. The predicted octanol–water partition coefficient (Wildman–Crippen LogP) is 1.73. The number of carbonyl (C=O) groups is 3. The second kappa shape index (κ2) is 11.7.